The molecule has 5 rings (SSSR count). The maximum Gasteiger partial charge on any atom is 0.416 e. The number of benzene rings is 2. The number of halogens is 3. The summed E-state index contributed by atoms with van der Waals surface area (Å²) in [5.74, 6) is 2.77. The van der Waals surface area contributed by atoms with Crippen LogP contribution < -0.4 is 4.74 Å². The topological polar surface area (TPSA) is 29.5 Å². The van der Waals surface area contributed by atoms with Crippen molar-refractivity contribution in [3.05, 3.63) is 71.3 Å². The summed E-state index contributed by atoms with van der Waals surface area (Å²) < 4.78 is 44.3. The molecule has 2 aromatic rings. The first-order chi connectivity index (χ1) is 15.2. The highest BCUT2D eigenvalue weighted by atomic mass is 19.4. The first kappa shape index (κ1) is 21.6. The van der Waals surface area contributed by atoms with Crippen LogP contribution in [0.5, 0.6) is 5.75 Å². The second-order valence-corrected chi connectivity index (χ2v) is 10.0. The summed E-state index contributed by atoms with van der Waals surface area (Å²) in [5.41, 5.74) is 2.61. The van der Waals surface area contributed by atoms with Gasteiger partial charge in [0, 0.05) is 5.56 Å². The maximum atomic E-state index is 12.8. The monoisotopic (exact) mass is 442 g/mol. The Morgan fingerprint density at radius 1 is 1.06 bits per heavy atom. The van der Waals surface area contributed by atoms with Gasteiger partial charge in [-0.05, 0) is 97.1 Å². The summed E-state index contributed by atoms with van der Waals surface area (Å²) in [5, 5.41) is 10.6. The molecule has 0 bridgehead atoms. The van der Waals surface area contributed by atoms with Gasteiger partial charge in [-0.2, -0.15) is 13.2 Å². The van der Waals surface area contributed by atoms with Gasteiger partial charge >= 0.3 is 6.18 Å². The van der Waals surface area contributed by atoms with Crippen molar-refractivity contribution in [2.45, 2.75) is 63.6 Å². The highest BCUT2D eigenvalue weighted by molar-refractivity contribution is 5.60. The number of aliphatic hydroxyl groups excluding tert-OH is 1. The van der Waals surface area contributed by atoms with Crippen molar-refractivity contribution in [3.63, 3.8) is 0 Å². The number of hydrogen-bond donors (Lipinski definition) is 1. The van der Waals surface area contributed by atoms with Crippen LogP contribution in [-0.4, -0.2) is 11.2 Å². The lowest BCUT2D eigenvalue weighted by molar-refractivity contribution is -0.137. The van der Waals surface area contributed by atoms with E-state index < -0.39 is 11.7 Å². The van der Waals surface area contributed by atoms with Crippen molar-refractivity contribution in [3.8, 4) is 5.75 Å². The normalized spacial score (nSPS) is 31.4. The van der Waals surface area contributed by atoms with E-state index in [9.17, 15) is 18.3 Å². The molecule has 170 valence electrons. The van der Waals surface area contributed by atoms with E-state index in [1.807, 2.05) is 6.07 Å². The van der Waals surface area contributed by atoms with Crippen molar-refractivity contribution < 1.29 is 23.0 Å². The Balaban J connectivity index is 1.32. The van der Waals surface area contributed by atoms with Crippen LogP contribution in [0.3, 0.4) is 0 Å². The average molecular weight is 443 g/mol. The molecule has 2 nitrogen and oxygen atoms in total. The molecule has 0 radical (unpaired) electrons. The number of alkyl halides is 3. The van der Waals surface area contributed by atoms with Crippen LogP contribution in [0.1, 0.15) is 67.2 Å². The molecule has 0 unspecified atom stereocenters. The van der Waals surface area contributed by atoms with Gasteiger partial charge in [-0.15, -0.1) is 0 Å². The van der Waals surface area contributed by atoms with Gasteiger partial charge in [0.2, 0.25) is 0 Å². The molecular formula is C27H29F3O2. The minimum Gasteiger partial charge on any atom is -0.457 e. The van der Waals surface area contributed by atoms with Crippen molar-refractivity contribution in [1.29, 1.82) is 0 Å². The van der Waals surface area contributed by atoms with Gasteiger partial charge in [-0.25, -0.2) is 0 Å². The number of ether oxygens (including phenoxy) is 1. The minimum atomic E-state index is -4.36. The van der Waals surface area contributed by atoms with Crippen LogP contribution in [0.2, 0.25) is 0 Å². The number of aryl methyl sites for hydroxylation is 1. The Labute approximate surface area is 187 Å². The number of fused-ring (bicyclic) bond motifs is 5. The molecule has 3 aliphatic carbocycles. The standard InChI is InChI=1S/C27H29F3O2/c1-16(17-3-6-19(7-4-17)27(28,29)30)32-20-8-10-21-18(15-20)5-9-23-22(21)13-14-26(2)24(23)11-12-25(26)31/h3-4,6-8,10,15,22-25,31H,1,5,9,11-14H2,2H3/t22-,23-,24+,25-,26+/m1/s1. The van der Waals surface area contributed by atoms with E-state index in [2.05, 4.69) is 25.6 Å². The first-order valence-electron chi connectivity index (χ1n) is 11.5. The average Bonchev–Trinajstić information content (AvgIpc) is 3.07. The summed E-state index contributed by atoms with van der Waals surface area (Å²) in [6.45, 7) is 6.20. The summed E-state index contributed by atoms with van der Waals surface area (Å²) >= 11 is 0. The largest absolute Gasteiger partial charge is 0.457 e. The molecule has 2 saturated carbocycles. The smallest absolute Gasteiger partial charge is 0.416 e. The molecular weight excluding hydrogens is 413 g/mol. The fraction of sp³-hybridized carbons (Fsp3) is 0.481. The SMILES string of the molecule is C=C(Oc1ccc2c(c1)CC[C@@H]1[C@@H]2CC[C@]2(C)[C@H](O)CC[C@@H]12)c1ccc(C(F)(F)F)cc1. The molecule has 32 heavy (non-hydrogen) atoms. The lowest BCUT2D eigenvalue weighted by atomic mass is 9.55. The molecule has 0 aromatic heterocycles. The van der Waals surface area contributed by atoms with E-state index in [4.69, 9.17) is 4.74 Å². The van der Waals surface area contributed by atoms with Crippen LogP contribution in [0.4, 0.5) is 13.2 Å². The van der Waals surface area contributed by atoms with Crippen molar-refractivity contribution in [2.75, 3.05) is 0 Å². The van der Waals surface area contributed by atoms with Crippen LogP contribution >= 0.6 is 0 Å². The Morgan fingerprint density at radius 2 is 1.81 bits per heavy atom. The lowest BCUT2D eigenvalue weighted by Crippen LogP contribution is -2.43. The summed E-state index contributed by atoms with van der Waals surface area (Å²) in [6, 6.07) is 11.1. The second kappa shape index (κ2) is 7.65. The van der Waals surface area contributed by atoms with E-state index in [1.54, 1.807) is 0 Å². The number of aliphatic hydroxyl groups is 1. The summed E-state index contributed by atoms with van der Waals surface area (Å²) in [7, 11) is 0. The Morgan fingerprint density at radius 3 is 2.53 bits per heavy atom. The van der Waals surface area contributed by atoms with Gasteiger partial charge in [0.15, 0.2) is 0 Å². The minimum absolute atomic E-state index is 0.0706. The van der Waals surface area contributed by atoms with Crippen molar-refractivity contribution >= 4 is 5.76 Å². The predicted octanol–water partition coefficient (Wildman–Crippen LogP) is 6.97. The van der Waals surface area contributed by atoms with Crippen LogP contribution in [-0.2, 0) is 12.6 Å². The van der Waals surface area contributed by atoms with Crippen molar-refractivity contribution in [2.24, 2.45) is 17.3 Å². The Hall–Kier alpha value is -2.27. The predicted molar refractivity (Wildman–Crippen MR) is 118 cm³/mol. The molecule has 0 heterocycles. The molecule has 0 amide bonds. The summed E-state index contributed by atoms with van der Waals surface area (Å²) in [6.07, 6.45) is 1.84. The third-order valence-electron chi connectivity index (χ3n) is 8.42. The molecule has 2 fully saturated rings. The van der Waals surface area contributed by atoms with E-state index in [-0.39, 0.29) is 11.5 Å². The van der Waals surface area contributed by atoms with Crippen LogP contribution in [0, 0.1) is 17.3 Å². The molecule has 2 aromatic carbocycles. The fourth-order valence-electron chi connectivity index (χ4n) is 6.64. The Bertz CT molecular complexity index is 1030. The van der Waals surface area contributed by atoms with Crippen LogP contribution in [0.15, 0.2) is 49.0 Å². The zero-order chi connectivity index (χ0) is 22.7. The molecule has 5 atom stereocenters. The van der Waals surface area contributed by atoms with Gasteiger partial charge in [0.1, 0.15) is 11.5 Å². The van der Waals surface area contributed by atoms with E-state index >= 15 is 0 Å². The molecule has 5 heteroatoms. The molecule has 1 N–H and O–H groups in total. The molecule has 0 saturated heterocycles. The van der Waals surface area contributed by atoms with Crippen LogP contribution in [0.25, 0.3) is 5.76 Å². The maximum absolute atomic E-state index is 12.8. The Kier molecular flexibility index (Phi) is 5.16. The van der Waals surface area contributed by atoms with Gasteiger partial charge in [0.05, 0.1) is 11.7 Å². The third kappa shape index (κ3) is 3.55. The van der Waals surface area contributed by atoms with Crippen molar-refractivity contribution in [1.82, 2.24) is 0 Å². The zero-order valence-electron chi connectivity index (χ0n) is 18.3. The van der Waals surface area contributed by atoms with Gasteiger partial charge in [0.25, 0.3) is 0 Å². The highest BCUT2D eigenvalue weighted by Gasteiger charge is 2.54. The van der Waals surface area contributed by atoms with Gasteiger partial charge in [-0.1, -0.05) is 31.7 Å². The second-order valence-electron chi connectivity index (χ2n) is 10.0. The molecule has 0 aliphatic heterocycles. The zero-order valence-corrected chi connectivity index (χ0v) is 18.3. The van der Waals surface area contributed by atoms with Gasteiger partial charge in [-0.3, -0.25) is 0 Å². The molecule has 3 aliphatic rings. The number of rotatable bonds is 3. The number of hydrogen-bond acceptors (Lipinski definition) is 2. The van der Waals surface area contributed by atoms with Gasteiger partial charge < -0.3 is 9.84 Å². The third-order valence-corrected chi connectivity index (χ3v) is 8.42. The quantitative estimate of drug-likeness (QED) is 0.520. The van der Waals surface area contributed by atoms with E-state index in [1.165, 1.54) is 23.3 Å². The first-order valence-corrected chi connectivity index (χ1v) is 11.5. The summed E-state index contributed by atoms with van der Waals surface area (Å²) in [4.78, 5) is 0. The van der Waals surface area contributed by atoms with E-state index in [0.29, 0.717) is 34.8 Å². The fourth-order valence-corrected chi connectivity index (χ4v) is 6.64. The highest BCUT2D eigenvalue weighted by Crippen LogP contribution is 2.60. The lowest BCUT2D eigenvalue weighted by Gasteiger charge is -2.50. The van der Waals surface area contributed by atoms with E-state index in [0.717, 1.165) is 50.7 Å². The molecule has 0 spiro atoms.